The van der Waals surface area contributed by atoms with Crippen molar-refractivity contribution in [3.63, 3.8) is 0 Å². The molecular formula is C21H34BrN5O2. The van der Waals surface area contributed by atoms with Gasteiger partial charge < -0.3 is 24.6 Å². The van der Waals surface area contributed by atoms with Gasteiger partial charge in [-0.1, -0.05) is 12.2 Å². The second-order valence-electron chi connectivity index (χ2n) is 7.49. The summed E-state index contributed by atoms with van der Waals surface area (Å²) in [6.45, 7) is 9.91. The number of nitrogens with one attached hydrogen (secondary N) is 1. The van der Waals surface area contributed by atoms with Gasteiger partial charge in [0.15, 0.2) is 5.96 Å². The van der Waals surface area contributed by atoms with Gasteiger partial charge in [0.1, 0.15) is 5.82 Å². The molecule has 2 unspecified atom stereocenters. The average Bonchev–Trinajstić information content (AvgIpc) is 2.72. The van der Waals surface area contributed by atoms with E-state index in [1.165, 1.54) is 5.56 Å². The van der Waals surface area contributed by atoms with Crippen molar-refractivity contribution in [1.82, 2.24) is 15.2 Å². The molecule has 2 aliphatic rings. The number of hydrogen-bond acceptors (Lipinski definition) is 5. The van der Waals surface area contributed by atoms with Gasteiger partial charge in [-0.25, -0.2) is 4.98 Å². The van der Waals surface area contributed by atoms with E-state index in [1.54, 1.807) is 7.11 Å². The largest absolute Gasteiger partial charge is 0.383 e. The summed E-state index contributed by atoms with van der Waals surface area (Å²) in [7, 11) is 1.73. The van der Waals surface area contributed by atoms with Crippen molar-refractivity contribution >= 4 is 28.8 Å². The van der Waals surface area contributed by atoms with Crippen LogP contribution in [0.25, 0.3) is 0 Å². The van der Waals surface area contributed by atoms with Gasteiger partial charge in [-0.05, 0) is 38.0 Å². The Balaban J connectivity index is 0.00000300. The SMILES string of the molecule is Br.COCC(C)NC(=NCC1CC=CCO1)N1CCN(c2cc(C)ccn2)CC1. The number of nitrogens with zero attached hydrogens (tertiary/aromatic N) is 4. The standard InChI is InChI=1S/C21H33N5O2.BrH/c1-17-7-8-22-20(14-17)25-9-11-26(12-10-25)21(24-18(2)16-27-3)23-15-19-6-4-5-13-28-19;/h4-5,7-8,14,18-19H,6,9-13,15-16H2,1-3H3,(H,23,24);1H. The fourth-order valence-electron chi connectivity index (χ4n) is 3.48. The molecule has 0 bridgehead atoms. The Bertz CT molecular complexity index is 677. The maximum Gasteiger partial charge on any atom is 0.194 e. The summed E-state index contributed by atoms with van der Waals surface area (Å²) in [5.74, 6) is 2.00. The number of ether oxygens (including phenoxy) is 2. The van der Waals surface area contributed by atoms with Crippen molar-refractivity contribution in [2.75, 3.05) is 57.9 Å². The number of aromatic nitrogens is 1. The summed E-state index contributed by atoms with van der Waals surface area (Å²) >= 11 is 0. The van der Waals surface area contributed by atoms with E-state index in [-0.39, 0.29) is 29.1 Å². The van der Waals surface area contributed by atoms with Crippen LogP contribution in [0.1, 0.15) is 18.9 Å². The topological polar surface area (TPSA) is 62.2 Å². The lowest BCUT2D eigenvalue weighted by molar-refractivity contribution is 0.0744. The Hall–Kier alpha value is -1.64. The highest BCUT2D eigenvalue weighted by Gasteiger charge is 2.22. The van der Waals surface area contributed by atoms with Crippen molar-refractivity contribution < 1.29 is 9.47 Å². The van der Waals surface area contributed by atoms with Crippen LogP contribution in [0.3, 0.4) is 0 Å². The zero-order valence-electron chi connectivity index (χ0n) is 17.7. The highest BCUT2D eigenvalue weighted by atomic mass is 79.9. The predicted octanol–water partition coefficient (Wildman–Crippen LogP) is 2.42. The molecule has 1 N–H and O–H groups in total. The van der Waals surface area contributed by atoms with Crippen LogP contribution in [0.4, 0.5) is 5.82 Å². The molecule has 1 fully saturated rings. The van der Waals surface area contributed by atoms with Gasteiger partial charge in [0, 0.05) is 45.5 Å². The predicted molar refractivity (Wildman–Crippen MR) is 123 cm³/mol. The molecule has 0 spiro atoms. The summed E-state index contributed by atoms with van der Waals surface area (Å²) in [5, 5.41) is 3.53. The van der Waals surface area contributed by atoms with Gasteiger partial charge in [0.05, 0.1) is 25.9 Å². The van der Waals surface area contributed by atoms with Crippen LogP contribution in [0.2, 0.25) is 0 Å². The number of pyridine rings is 1. The number of rotatable bonds is 6. The van der Waals surface area contributed by atoms with E-state index in [2.05, 4.69) is 52.2 Å². The first kappa shape index (κ1) is 23.6. The molecule has 1 saturated heterocycles. The van der Waals surface area contributed by atoms with Crippen LogP contribution in [-0.2, 0) is 9.47 Å². The normalized spacial score (nSPS) is 20.9. The first-order chi connectivity index (χ1) is 13.7. The Morgan fingerprint density at radius 1 is 1.34 bits per heavy atom. The van der Waals surface area contributed by atoms with Crippen molar-refractivity contribution in [2.24, 2.45) is 4.99 Å². The van der Waals surface area contributed by atoms with E-state index in [4.69, 9.17) is 14.5 Å². The Morgan fingerprint density at radius 2 is 2.14 bits per heavy atom. The van der Waals surface area contributed by atoms with E-state index >= 15 is 0 Å². The Kier molecular flexibility index (Phi) is 9.90. The van der Waals surface area contributed by atoms with Crippen LogP contribution >= 0.6 is 17.0 Å². The molecule has 3 heterocycles. The van der Waals surface area contributed by atoms with Crippen LogP contribution < -0.4 is 10.2 Å². The summed E-state index contributed by atoms with van der Waals surface area (Å²) in [6, 6.07) is 4.39. The molecule has 8 heteroatoms. The molecule has 0 aliphatic carbocycles. The van der Waals surface area contributed by atoms with Crippen molar-refractivity contribution in [3.8, 4) is 0 Å². The quantitative estimate of drug-likeness (QED) is 0.393. The molecular weight excluding hydrogens is 434 g/mol. The average molecular weight is 468 g/mol. The third-order valence-electron chi connectivity index (χ3n) is 5.03. The van der Waals surface area contributed by atoms with E-state index in [0.717, 1.165) is 44.4 Å². The van der Waals surface area contributed by atoms with Crippen LogP contribution in [-0.4, -0.2) is 81.0 Å². The summed E-state index contributed by atoms with van der Waals surface area (Å²) in [5.41, 5.74) is 1.24. The van der Waals surface area contributed by atoms with E-state index in [1.807, 2.05) is 12.3 Å². The Labute approximate surface area is 184 Å². The van der Waals surface area contributed by atoms with Crippen molar-refractivity contribution in [3.05, 3.63) is 36.0 Å². The van der Waals surface area contributed by atoms with Gasteiger partial charge in [0.25, 0.3) is 0 Å². The van der Waals surface area contributed by atoms with Gasteiger partial charge in [0.2, 0.25) is 0 Å². The van der Waals surface area contributed by atoms with Crippen LogP contribution in [0.5, 0.6) is 0 Å². The minimum absolute atomic E-state index is 0. The highest BCUT2D eigenvalue weighted by molar-refractivity contribution is 8.93. The fraction of sp³-hybridized carbons (Fsp3) is 0.619. The van der Waals surface area contributed by atoms with Crippen molar-refractivity contribution in [2.45, 2.75) is 32.4 Å². The molecule has 1 aromatic rings. The molecule has 3 rings (SSSR count). The fourth-order valence-corrected chi connectivity index (χ4v) is 3.48. The van der Waals surface area contributed by atoms with E-state index < -0.39 is 0 Å². The number of anilines is 1. The number of guanidine groups is 1. The van der Waals surface area contributed by atoms with E-state index in [0.29, 0.717) is 19.8 Å². The van der Waals surface area contributed by atoms with Gasteiger partial charge in [-0.2, -0.15) is 0 Å². The number of halogens is 1. The summed E-state index contributed by atoms with van der Waals surface area (Å²) in [4.78, 5) is 14.1. The molecule has 2 aliphatic heterocycles. The van der Waals surface area contributed by atoms with Gasteiger partial charge >= 0.3 is 0 Å². The minimum Gasteiger partial charge on any atom is -0.383 e. The van der Waals surface area contributed by atoms with Crippen LogP contribution in [0.15, 0.2) is 35.5 Å². The first-order valence-electron chi connectivity index (χ1n) is 10.1. The Morgan fingerprint density at radius 3 is 2.79 bits per heavy atom. The molecule has 162 valence electrons. The number of piperazine rings is 1. The van der Waals surface area contributed by atoms with Gasteiger partial charge in [-0.3, -0.25) is 4.99 Å². The minimum atomic E-state index is 0. The second-order valence-corrected chi connectivity index (χ2v) is 7.49. The maximum atomic E-state index is 5.77. The zero-order valence-corrected chi connectivity index (χ0v) is 19.4. The smallest absolute Gasteiger partial charge is 0.194 e. The van der Waals surface area contributed by atoms with Crippen molar-refractivity contribution in [1.29, 1.82) is 0 Å². The van der Waals surface area contributed by atoms with Crippen LogP contribution in [0, 0.1) is 6.92 Å². The molecule has 1 aromatic heterocycles. The molecule has 0 radical (unpaired) electrons. The number of methoxy groups -OCH3 is 1. The third kappa shape index (κ3) is 7.28. The zero-order chi connectivity index (χ0) is 19.8. The summed E-state index contributed by atoms with van der Waals surface area (Å²) < 4.78 is 11.1. The number of aliphatic imine (C=N–C) groups is 1. The van der Waals surface area contributed by atoms with Gasteiger partial charge in [-0.15, -0.1) is 17.0 Å². The summed E-state index contributed by atoms with van der Waals surface area (Å²) in [6.07, 6.45) is 7.22. The molecule has 0 amide bonds. The number of aryl methyl sites for hydroxylation is 1. The lowest BCUT2D eigenvalue weighted by atomic mass is 10.2. The third-order valence-corrected chi connectivity index (χ3v) is 5.03. The lowest BCUT2D eigenvalue weighted by Gasteiger charge is -2.38. The number of hydrogen-bond donors (Lipinski definition) is 1. The first-order valence-corrected chi connectivity index (χ1v) is 10.1. The molecule has 0 saturated carbocycles. The lowest BCUT2D eigenvalue weighted by Crippen LogP contribution is -2.54. The monoisotopic (exact) mass is 467 g/mol. The second kappa shape index (κ2) is 12.1. The maximum absolute atomic E-state index is 5.77. The highest BCUT2D eigenvalue weighted by Crippen LogP contribution is 2.15. The molecule has 7 nitrogen and oxygen atoms in total. The molecule has 2 atom stereocenters. The van der Waals surface area contributed by atoms with E-state index in [9.17, 15) is 0 Å². The molecule has 29 heavy (non-hydrogen) atoms. The molecule has 0 aromatic carbocycles.